The number of aromatic carboxylic acids is 1. The van der Waals surface area contributed by atoms with E-state index in [1.165, 1.54) is 11.8 Å². The van der Waals surface area contributed by atoms with E-state index in [2.05, 4.69) is 10.3 Å². The molecule has 0 aliphatic carbocycles. The Morgan fingerprint density at radius 3 is 2.70 bits per heavy atom. The fraction of sp³-hybridized carbons (Fsp3) is 0.636. The number of morpholine rings is 1. The summed E-state index contributed by atoms with van der Waals surface area (Å²) in [5.41, 5.74) is 0.0863. The third-order valence-electron chi connectivity index (χ3n) is 2.97. The predicted octanol–water partition coefficient (Wildman–Crippen LogP) is -1.02. The van der Waals surface area contributed by atoms with Gasteiger partial charge in [0.05, 0.1) is 25.5 Å². The summed E-state index contributed by atoms with van der Waals surface area (Å²) in [6, 6.07) is 0. The molecule has 110 valence electrons. The molecule has 1 aromatic heterocycles. The van der Waals surface area contributed by atoms with Gasteiger partial charge in [0.25, 0.3) is 0 Å². The van der Waals surface area contributed by atoms with Gasteiger partial charge in [0.15, 0.2) is 5.69 Å². The molecule has 0 bridgehead atoms. The maximum Gasteiger partial charge on any atom is 0.358 e. The van der Waals surface area contributed by atoms with Crippen LogP contribution in [-0.2, 0) is 27.4 Å². The molecule has 2 rings (SSSR count). The molecule has 0 unspecified atom stereocenters. The van der Waals surface area contributed by atoms with Crippen molar-refractivity contribution in [3.8, 4) is 0 Å². The van der Waals surface area contributed by atoms with Gasteiger partial charge in [0.1, 0.15) is 6.54 Å². The van der Waals surface area contributed by atoms with Crippen molar-refractivity contribution in [3.63, 3.8) is 0 Å². The molecule has 1 aliphatic rings. The van der Waals surface area contributed by atoms with E-state index >= 15 is 0 Å². The maximum atomic E-state index is 12.1. The number of amides is 1. The van der Waals surface area contributed by atoms with Gasteiger partial charge in [0, 0.05) is 20.2 Å². The van der Waals surface area contributed by atoms with E-state index in [9.17, 15) is 9.59 Å². The molecule has 1 N–H and O–H groups in total. The lowest BCUT2D eigenvalue weighted by atomic mass is 10.3. The number of nitrogens with zero attached hydrogens (tertiary/aromatic N) is 4. The van der Waals surface area contributed by atoms with E-state index in [1.54, 1.807) is 4.90 Å². The summed E-state index contributed by atoms with van der Waals surface area (Å²) >= 11 is 0. The van der Waals surface area contributed by atoms with Gasteiger partial charge in [-0.25, -0.2) is 9.48 Å². The first-order chi connectivity index (χ1) is 9.63. The number of hydrogen-bond donors (Lipinski definition) is 1. The van der Waals surface area contributed by atoms with Gasteiger partial charge >= 0.3 is 5.97 Å². The number of rotatable bonds is 5. The second-order valence-electron chi connectivity index (χ2n) is 4.27. The Hall–Kier alpha value is -2.00. The lowest BCUT2D eigenvalue weighted by Crippen LogP contribution is -2.42. The Kier molecular flexibility index (Phi) is 4.64. The van der Waals surface area contributed by atoms with Crippen molar-refractivity contribution in [2.45, 2.75) is 13.2 Å². The smallest absolute Gasteiger partial charge is 0.358 e. The highest BCUT2D eigenvalue weighted by molar-refractivity contribution is 5.86. The molecule has 9 nitrogen and oxygen atoms in total. The van der Waals surface area contributed by atoms with Gasteiger partial charge < -0.3 is 19.5 Å². The lowest BCUT2D eigenvalue weighted by molar-refractivity contribution is -0.136. The Morgan fingerprint density at radius 2 is 2.10 bits per heavy atom. The molecule has 1 amide bonds. The zero-order chi connectivity index (χ0) is 14.5. The van der Waals surface area contributed by atoms with Gasteiger partial charge in [-0.1, -0.05) is 5.21 Å². The monoisotopic (exact) mass is 284 g/mol. The molecule has 9 heteroatoms. The quantitative estimate of drug-likeness (QED) is 0.737. The van der Waals surface area contributed by atoms with Gasteiger partial charge in [-0.05, 0) is 0 Å². The zero-order valence-corrected chi connectivity index (χ0v) is 11.1. The van der Waals surface area contributed by atoms with Gasteiger partial charge in [0.2, 0.25) is 5.91 Å². The third kappa shape index (κ3) is 3.11. The average molecular weight is 284 g/mol. The molecule has 20 heavy (non-hydrogen) atoms. The molecular formula is C11H16N4O5. The first kappa shape index (κ1) is 14.4. The number of aromatic nitrogens is 3. The van der Waals surface area contributed by atoms with Crippen molar-refractivity contribution >= 4 is 11.9 Å². The number of carboxylic acid groups (broad SMARTS) is 1. The summed E-state index contributed by atoms with van der Waals surface area (Å²) in [4.78, 5) is 24.8. The van der Waals surface area contributed by atoms with Crippen molar-refractivity contribution in [2.75, 3.05) is 33.4 Å². The van der Waals surface area contributed by atoms with E-state index < -0.39 is 5.97 Å². The van der Waals surface area contributed by atoms with Crippen molar-refractivity contribution in [1.29, 1.82) is 0 Å². The summed E-state index contributed by atoms with van der Waals surface area (Å²) < 4.78 is 11.4. The molecule has 0 aromatic carbocycles. The summed E-state index contributed by atoms with van der Waals surface area (Å²) in [6.45, 7) is 2.05. The molecule has 1 fully saturated rings. The largest absolute Gasteiger partial charge is 0.476 e. The normalized spacial score (nSPS) is 15.3. The highest BCUT2D eigenvalue weighted by atomic mass is 16.5. The van der Waals surface area contributed by atoms with E-state index in [-0.39, 0.29) is 30.4 Å². The average Bonchev–Trinajstić information content (AvgIpc) is 2.83. The van der Waals surface area contributed by atoms with Crippen LogP contribution in [0.5, 0.6) is 0 Å². The van der Waals surface area contributed by atoms with Crippen LogP contribution in [0.1, 0.15) is 16.2 Å². The number of carboxylic acids is 1. The molecule has 0 spiro atoms. The van der Waals surface area contributed by atoms with Crippen LogP contribution in [0.2, 0.25) is 0 Å². The Bertz CT molecular complexity index is 495. The van der Waals surface area contributed by atoms with Gasteiger partial charge in [-0.15, -0.1) is 5.10 Å². The van der Waals surface area contributed by atoms with Crippen LogP contribution in [0.4, 0.5) is 0 Å². The first-order valence-electron chi connectivity index (χ1n) is 6.13. The molecule has 1 aromatic rings. The van der Waals surface area contributed by atoms with Crippen molar-refractivity contribution in [3.05, 3.63) is 11.4 Å². The van der Waals surface area contributed by atoms with Crippen LogP contribution < -0.4 is 0 Å². The first-order valence-corrected chi connectivity index (χ1v) is 6.13. The van der Waals surface area contributed by atoms with Crippen LogP contribution in [0.3, 0.4) is 0 Å². The van der Waals surface area contributed by atoms with E-state index in [0.29, 0.717) is 26.3 Å². The van der Waals surface area contributed by atoms with E-state index in [4.69, 9.17) is 14.6 Å². The summed E-state index contributed by atoms with van der Waals surface area (Å²) in [6.07, 6.45) is 0. The number of hydrogen-bond acceptors (Lipinski definition) is 6. The SMILES string of the molecule is COCc1c(C(=O)O)nnn1CC(=O)N1CCOCC1. The zero-order valence-electron chi connectivity index (χ0n) is 11.1. The molecule has 0 atom stereocenters. The molecule has 1 aliphatic heterocycles. The number of methoxy groups -OCH3 is 1. The molecule has 0 saturated carbocycles. The topological polar surface area (TPSA) is 107 Å². The minimum absolute atomic E-state index is 0.0328. The maximum absolute atomic E-state index is 12.1. The van der Waals surface area contributed by atoms with Gasteiger partial charge in [-0.3, -0.25) is 4.79 Å². The Balaban J connectivity index is 2.11. The number of ether oxygens (including phenoxy) is 2. The predicted molar refractivity (Wildman–Crippen MR) is 65.1 cm³/mol. The minimum atomic E-state index is -1.19. The highest BCUT2D eigenvalue weighted by Gasteiger charge is 2.23. The van der Waals surface area contributed by atoms with Crippen LogP contribution >= 0.6 is 0 Å². The third-order valence-corrected chi connectivity index (χ3v) is 2.97. The molecule has 2 heterocycles. The van der Waals surface area contributed by atoms with E-state index in [0.717, 1.165) is 0 Å². The summed E-state index contributed by atoms with van der Waals surface area (Å²) in [7, 11) is 1.44. The fourth-order valence-electron chi connectivity index (χ4n) is 1.95. The Morgan fingerprint density at radius 1 is 1.40 bits per heavy atom. The standard InChI is InChI=1S/C11H16N4O5/c1-19-7-8-10(11(17)18)12-13-15(8)6-9(16)14-2-4-20-5-3-14/h2-7H2,1H3,(H,17,18). The summed E-state index contributed by atoms with van der Waals surface area (Å²) in [5, 5.41) is 16.3. The van der Waals surface area contributed by atoms with Crippen molar-refractivity contribution < 1.29 is 24.2 Å². The fourth-order valence-corrected chi connectivity index (χ4v) is 1.95. The van der Waals surface area contributed by atoms with Crippen LogP contribution in [0, 0.1) is 0 Å². The summed E-state index contributed by atoms with van der Waals surface area (Å²) in [5.74, 6) is -1.34. The van der Waals surface area contributed by atoms with Crippen molar-refractivity contribution in [1.82, 2.24) is 19.9 Å². The number of carbonyl (C=O) groups excluding carboxylic acids is 1. The minimum Gasteiger partial charge on any atom is -0.476 e. The second-order valence-corrected chi connectivity index (χ2v) is 4.27. The van der Waals surface area contributed by atoms with Crippen LogP contribution in [-0.4, -0.2) is 70.3 Å². The van der Waals surface area contributed by atoms with E-state index in [1.807, 2.05) is 0 Å². The Labute approximate surface area is 115 Å². The lowest BCUT2D eigenvalue weighted by Gasteiger charge is -2.26. The molecule has 0 radical (unpaired) electrons. The van der Waals surface area contributed by atoms with Crippen molar-refractivity contribution in [2.24, 2.45) is 0 Å². The molecular weight excluding hydrogens is 268 g/mol. The number of carbonyl (C=O) groups is 2. The van der Waals surface area contributed by atoms with Gasteiger partial charge in [-0.2, -0.15) is 0 Å². The second kappa shape index (κ2) is 6.44. The molecule has 1 saturated heterocycles. The van der Waals surface area contributed by atoms with Crippen LogP contribution in [0.25, 0.3) is 0 Å². The highest BCUT2D eigenvalue weighted by Crippen LogP contribution is 2.08. The van der Waals surface area contributed by atoms with Crippen LogP contribution in [0.15, 0.2) is 0 Å².